The van der Waals surface area contributed by atoms with E-state index in [1.54, 1.807) is 19.3 Å². The predicted octanol–water partition coefficient (Wildman–Crippen LogP) is 1.28. The number of hydrogen-bond acceptors (Lipinski definition) is 5. The van der Waals surface area contributed by atoms with Gasteiger partial charge in [-0.2, -0.15) is 5.10 Å². The summed E-state index contributed by atoms with van der Waals surface area (Å²) in [5, 5.41) is 9.44. The SMILES string of the molecule is CCNc1cc(S(=O)(=O)NC(C)c2cn[nH]c2)ccn1. The van der Waals surface area contributed by atoms with Gasteiger partial charge in [0, 0.05) is 36.6 Å². The molecule has 0 bridgehead atoms. The Bertz CT molecular complexity index is 654. The van der Waals surface area contributed by atoms with Crippen LogP contribution in [-0.4, -0.2) is 30.1 Å². The molecule has 0 amide bonds. The molecule has 1 unspecified atom stereocenters. The Balaban J connectivity index is 2.20. The molecule has 7 nitrogen and oxygen atoms in total. The van der Waals surface area contributed by atoms with E-state index in [9.17, 15) is 8.42 Å². The van der Waals surface area contributed by atoms with Gasteiger partial charge >= 0.3 is 0 Å². The van der Waals surface area contributed by atoms with Gasteiger partial charge in [-0.15, -0.1) is 0 Å². The van der Waals surface area contributed by atoms with E-state index in [1.807, 2.05) is 6.92 Å². The zero-order valence-electron chi connectivity index (χ0n) is 11.3. The van der Waals surface area contributed by atoms with Crippen molar-refractivity contribution in [3.05, 3.63) is 36.3 Å². The van der Waals surface area contributed by atoms with E-state index in [4.69, 9.17) is 0 Å². The van der Waals surface area contributed by atoms with Gasteiger partial charge in [-0.05, 0) is 19.9 Å². The Morgan fingerprint density at radius 3 is 2.90 bits per heavy atom. The first kappa shape index (κ1) is 14.5. The summed E-state index contributed by atoms with van der Waals surface area (Å²) in [6.45, 7) is 4.35. The van der Waals surface area contributed by atoms with Crippen LogP contribution in [0.25, 0.3) is 0 Å². The number of aromatic nitrogens is 3. The van der Waals surface area contributed by atoms with Crippen LogP contribution >= 0.6 is 0 Å². The molecule has 0 radical (unpaired) electrons. The van der Waals surface area contributed by atoms with Crippen LogP contribution in [0.5, 0.6) is 0 Å². The van der Waals surface area contributed by atoms with Crippen molar-refractivity contribution in [2.24, 2.45) is 0 Å². The first-order valence-electron chi connectivity index (χ1n) is 6.24. The molecule has 0 saturated heterocycles. The van der Waals surface area contributed by atoms with Crippen LogP contribution in [0.2, 0.25) is 0 Å². The van der Waals surface area contributed by atoms with Gasteiger partial charge in [0.2, 0.25) is 10.0 Å². The van der Waals surface area contributed by atoms with E-state index >= 15 is 0 Å². The first-order valence-corrected chi connectivity index (χ1v) is 7.72. The first-order chi connectivity index (χ1) is 9.53. The highest BCUT2D eigenvalue weighted by Gasteiger charge is 2.19. The van der Waals surface area contributed by atoms with Crippen LogP contribution < -0.4 is 10.0 Å². The van der Waals surface area contributed by atoms with E-state index in [0.717, 1.165) is 5.56 Å². The van der Waals surface area contributed by atoms with Crippen molar-refractivity contribution >= 4 is 15.8 Å². The molecule has 0 aliphatic carbocycles. The van der Waals surface area contributed by atoms with Crippen LogP contribution in [0.1, 0.15) is 25.5 Å². The molecule has 2 aromatic heterocycles. The second kappa shape index (κ2) is 6.02. The summed E-state index contributed by atoms with van der Waals surface area (Å²) in [6.07, 6.45) is 4.71. The zero-order chi connectivity index (χ0) is 14.6. The van der Waals surface area contributed by atoms with Crippen molar-refractivity contribution in [3.8, 4) is 0 Å². The molecule has 0 spiro atoms. The lowest BCUT2D eigenvalue weighted by molar-refractivity contribution is 0.567. The monoisotopic (exact) mass is 295 g/mol. The molecule has 0 aliphatic rings. The number of aromatic amines is 1. The van der Waals surface area contributed by atoms with Crippen LogP contribution in [-0.2, 0) is 10.0 Å². The summed E-state index contributed by atoms with van der Waals surface area (Å²) >= 11 is 0. The van der Waals surface area contributed by atoms with Crippen LogP contribution in [0, 0.1) is 0 Å². The molecule has 2 rings (SSSR count). The molecule has 0 aromatic carbocycles. The van der Waals surface area contributed by atoms with Crippen molar-refractivity contribution in [2.75, 3.05) is 11.9 Å². The summed E-state index contributed by atoms with van der Waals surface area (Å²) in [7, 11) is -3.60. The third-order valence-electron chi connectivity index (χ3n) is 2.75. The van der Waals surface area contributed by atoms with E-state index in [1.165, 1.54) is 18.3 Å². The minimum absolute atomic E-state index is 0.179. The van der Waals surface area contributed by atoms with Gasteiger partial charge in [0.25, 0.3) is 0 Å². The fraction of sp³-hybridized carbons (Fsp3) is 0.333. The second-order valence-electron chi connectivity index (χ2n) is 4.28. The lowest BCUT2D eigenvalue weighted by Crippen LogP contribution is -2.26. The topological polar surface area (TPSA) is 99.8 Å². The number of anilines is 1. The molecule has 0 saturated carbocycles. The fourth-order valence-electron chi connectivity index (χ4n) is 1.72. The van der Waals surface area contributed by atoms with Crippen LogP contribution in [0.3, 0.4) is 0 Å². The Labute approximate surface area is 117 Å². The lowest BCUT2D eigenvalue weighted by atomic mass is 10.2. The molecule has 108 valence electrons. The van der Waals surface area contributed by atoms with Crippen LogP contribution in [0.15, 0.2) is 35.6 Å². The largest absolute Gasteiger partial charge is 0.370 e. The average Bonchev–Trinajstić information content (AvgIpc) is 2.93. The second-order valence-corrected chi connectivity index (χ2v) is 6.00. The predicted molar refractivity (Wildman–Crippen MR) is 75.7 cm³/mol. The third kappa shape index (κ3) is 3.34. The van der Waals surface area contributed by atoms with Crippen molar-refractivity contribution in [3.63, 3.8) is 0 Å². The third-order valence-corrected chi connectivity index (χ3v) is 4.29. The molecule has 20 heavy (non-hydrogen) atoms. The summed E-state index contributed by atoms with van der Waals surface area (Å²) in [4.78, 5) is 4.23. The molecule has 8 heteroatoms. The number of nitrogens with one attached hydrogen (secondary N) is 3. The van der Waals surface area contributed by atoms with Gasteiger partial charge in [0.15, 0.2) is 0 Å². The molecule has 2 aromatic rings. The molecule has 3 N–H and O–H groups in total. The Kier molecular flexibility index (Phi) is 4.35. The Hall–Kier alpha value is -1.93. The quantitative estimate of drug-likeness (QED) is 0.745. The maximum Gasteiger partial charge on any atom is 0.241 e. The maximum absolute atomic E-state index is 12.3. The summed E-state index contributed by atoms with van der Waals surface area (Å²) in [5.74, 6) is 0.534. The summed E-state index contributed by atoms with van der Waals surface area (Å²) in [6, 6.07) is 2.61. The summed E-state index contributed by atoms with van der Waals surface area (Å²) in [5.41, 5.74) is 0.773. The van der Waals surface area contributed by atoms with E-state index in [2.05, 4.69) is 25.2 Å². The number of rotatable bonds is 6. The molecule has 0 fully saturated rings. The van der Waals surface area contributed by atoms with Gasteiger partial charge in [0.05, 0.1) is 11.1 Å². The summed E-state index contributed by atoms with van der Waals surface area (Å²) < 4.78 is 27.2. The molecule has 2 heterocycles. The van der Waals surface area contributed by atoms with Gasteiger partial charge in [-0.25, -0.2) is 18.1 Å². The van der Waals surface area contributed by atoms with Crippen molar-refractivity contribution in [1.29, 1.82) is 0 Å². The number of hydrogen-bond donors (Lipinski definition) is 3. The number of nitrogens with zero attached hydrogens (tertiary/aromatic N) is 2. The van der Waals surface area contributed by atoms with Crippen LogP contribution in [0.4, 0.5) is 5.82 Å². The lowest BCUT2D eigenvalue weighted by Gasteiger charge is -2.13. The van der Waals surface area contributed by atoms with Crippen molar-refractivity contribution in [1.82, 2.24) is 19.9 Å². The maximum atomic E-state index is 12.3. The normalized spacial score (nSPS) is 13.1. The molecular weight excluding hydrogens is 278 g/mol. The highest BCUT2D eigenvalue weighted by molar-refractivity contribution is 7.89. The number of sulfonamides is 1. The van der Waals surface area contributed by atoms with Gasteiger partial charge in [-0.3, -0.25) is 5.10 Å². The zero-order valence-corrected chi connectivity index (χ0v) is 12.1. The van der Waals surface area contributed by atoms with E-state index in [0.29, 0.717) is 12.4 Å². The van der Waals surface area contributed by atoms with Crippen molar-refractivity contribution < 1.29 is 8.42 Å². The van der Waals surface area contributed by atoms with E-state index < -0.39 is 10.0 Å². The minimum Gasteiger partial charge on any atom is -0.370 e. The smallest absolute Gasteiger partial charge is 0.241 e. The van der Waals surface area contributed by atoms with Crippen molar-refractivity contribution in [2.45, 2.75) is 24.8 Å². The van der Waals surface area contributed by atoms with Gasteiger partial charge in [0.1, 0.15) is 5.82 Å². The standard InChI is InChI=1S/C12H17N5O2S/c1-3-13-12-6-11(4-5-14-12)20(18,19)17-9(2)10-7-15-16-8-10/h4-9,17H,3H2,1-2H3,(H,13,14)(H,15,16). The fourth-order valence-corrected chi connectivity index (χ4v) is 2.97. The average molecular weight is 295 g/mol. The minimum atomic E-state index is -3.60. The Morgan fingerprint density at radius 2 is 2.25 bits per heavy atom. The molecular formula is C12H17N5O2S. The van der Waals surface area contributed by atoms with Gasteiger partial charge in [-0.1, -0.05) is 0 Å². The number of H-pyrrole nitrogens is 1. The number of pyridine rings is 1. The molecule has 1 atom stereocenters. The highest BCUT2D eigenvalue weighted by atomic mass is 32.2. The van der Waals surface area contributed by atoms with E-state index in [-0.39, 0.29) is 10.9 Å². The van der Waals surface area contributed by atoms with Gasteiger partial charge < -0.3 is 5.32 Å². The highest BCUT2D eigenvalue weighted by Crippen LogP contribution is 2.17. The molecule has 0 aliphatic heterocycles. The Morgan fingerprint density at radius 1 is 1.45 bits per heavy atom.